The van der Waals surface area contributed by atoms with Crippen LogP contribution in [0.15, 0.2) is 32.7 Å². The monoisotopic (exact) mass is 349 g/mol. The third-order valence-electron chi connectivity index (χ3n) is 3.01. The predicted octanol–water partition coefficient (Wildman–Crippen LogP) is 5.36. The number of rotatable bonds is 1. The van der Waals surface area contributed by atoms with Gasteiger partial charge in [-0.3, -0.25) is 0 Å². The Labute approximate surface area is 124 Å². The summed E-state index contributed by atoms with van der Waals surface area (Å²) in [6.07, 6.45) is 1.65. The number of benzene rings is 1. The molecule has 2 rings (SSSR count). The Hall–Kier alpha value is -0.380. The highest BCUT2D eigenvalue weighted by molar-refractivity contribution is 9.10. The molecule has 1 aromatic carbocycles. The minimum Gasteiger partial charge on any atom is -0.236 e. The van der Waals surface area contributed by atoms with E-state index in [0.717, 1.165) is 29.6 Å². The number of alkyl halides is 1. The summed E-state index contributed by atoms with van der Waals surface area (Å²) in [6, 6.07) is 3.16. The van der Waals surface area contributed by atoms with Crippen LogP contribution in [0.4, 0.5) is 10.1 Å². The van der Waals surface area contributed by atoms with Gasteiger partial charge >= 0.3 is 0 Å². The lowest BCUT2D eigenvalue weighted by Gasteiger charge is -2.15. The van der Waals surface area contributed by atoms with Crippen molar-refractivity contribution in [1.82, 2.24) is 0 Å². The third-order valence-corrected chi connectivity index (χ3v) is 4.19. The summed E-state index contributed by atoms with van der Waals surface area (Å²) < 4.78 is 14.0. The standard InChI is InChI=1S/C13H11BrCl2FN/c1-7-2-3-8-4-10(14)11(17)5-12(8)18-13(16)9(7)6-15/h4-5H,2-3,6H2,1H3. The van der Waals surface area contributed by atoms with Crippen LogP contribution in [0.2, 0.25) is 0 Å². The van der Waals surface area contributed by atoms with Crippen LogP contribution >= 0.6 is 39.1 Å². The maximum Gasteiger partial charge on any atom is 0.139 e. The van der Waals surface area contributed by atoms with E-state index in [1.54, 1.807) is 6.07 Å². The molecule has 0 bridgehead atoms. The normalized spacial score (nSPS) is 15.9. The molecule has 5 heteroatoms. The summed E-state index contributed by atoms with van der Waals surface area (Å²) in [4.78, 5) is 4.28. The summed E-state index contributed by atoms with van der Waals surface area (Å²) in [7, 11) is 0. The lowest BCUT2D eigenvalue weighted by molar-refractivity contribution is 0.620. The van der Waals surface area contributed by atoms with Crippen molar-refractivity contribution in [2.24, 2.45) is 4.99 Å². The summed E-state index contributed by atoms with van der Waals surface area (Å²) in [5.41, 5.74) is 3.53. The number of aryl methyl sites for hydroxylation is 1. The number of hydrogen-bond donors (Lipinski definition) is 0. The van der Waals surface area contributed by atoms with Gasteiger partial charge in [0.2, 0.25) is 0 Å². The van der Waals surface area contributed by atoms with Crippen molar-refractivity contribution in [2.75, 3.05) is 5.88 Å². The number of hydrogen-bond acceptors (Lipinski definition) is 1. The molecule has 0 radical (unpaired) electrons. The number of aliphatic imine (C=N–C) groups is 1. The fraction of sp³-hybridized carbons (Fsp3) is 0.308. The van der Waals surface area contributed by atoms with Gasteiger partial charge in [0.25, 0.3) is 0 Å². The van der Waals surface area contributed by atoms with Gasteiger partial charge in [0.1, 0.15) is 11.0 Å². The van der Waals surface area contributed by atoms with Gasteiger partial charge in [-0.1, -0.05) is 17.2 Å². The van der Waals surface area contributed by atoms with E-state index < -0.39 is 0 Å². The molecule has 0 aromatic heterocycles. The van der Waals surface area contributed by atoms with Crippen molar-refractivity contribution in [3.63, 3.8) is 0 Å². The van der Waals surface area contributed by atoms with E-state index in [1.807, 2.05) is 6.92 Å². The van der Waals surface area contributed by atoms with Gasteiger partial charge in [-0.25, -0.2) is 9.38 Å². The first-order chi connectivity index (χ1) is 8.52. The van der Waals surface area contributed by atoms with Crippen molar-refractivity contribution in [2.45, 2.75) is 19.8 Å². The average Bonchev–Trinajstić information content (AvgIpc) is 2.31. The van der Waals surface area contributed by atoms with Gasteiger partial charge in [0.15, 0.2) is 0 Å². The van der Waals surface area contributed by atoms with Gasteiger partial charge in [-0.15, -0.1) is 11.6 Å². The zero-order chi connectivity index (χ0) is 13.3. The number of halogens is 4. The summed E-state index contributed by atoms with van der Waals surface area (Å²) in [5, 5.41) is 0.352. The largest absolute Gasteiger partial charge is 0.236 e. The van der Waals surface area contributed by atoms with Crippen LogP contribution in [0, 0.1) is 5.82 Å². The minimum absolute atomic E-state index is 0.322. The Balaban J connectivity index is 2.57. The topological polar surface area (TPSA) is 12.4 Å². The first-order valence-corrected chi connectivity index (χ1v) is 7.20. The molecule has 0 amide bonds. The van der Waals surface area contributed by atoms with Crippen molar-refractivity contribution >= 4 is 50.0 Å². The van der Waals surface area contributed by atoms with Crippen molar-refractivity contribution in [3.8, 4) is 0 Å². The van der Waals surface area contributed by atoms with E-state index in [-0.39, 0.29) is 5.82 Å². The van der Waals surface area contributed by atoms with E-state index in [4.69, 9.17) is 23.2 Å². The lowest BCUT2D eigenvalue weighted by Crippen LogP contribution is -2.04. The van der Waals surface area contributed by atoms with Gasteiger partial charge in [0, 0.05) is 11.6 Å². The Kier molecular flexibility index (Phi) is 4.46. The molecule has 1 aromatic rings. The van der Waals surface area contributed by atoms with Gasteiger partial charge in [-0.2, -0.15) is 0 Å². The zero-order valence-electron chi connectivity index (χ0n) is 9.74. The van der Waals surface area contributed by atoms with Crippen LogP contribution in [0.1, 0.15) is 18.9 Å². The molecule has 0 saturated carbocycles. The molecule has 1 aliphatic heterocycles. The number of fused-ring (bicyclic) bond motifs is 1. The Bertz CT molecular complexity index is 552. The fourth-order valence-electron chi connectivity index (χ4n) is 1.87. The highest BCUT2D eigenvalue weighted by Crippen LogP contribution is 2.32. The van der Waals surface area contributed by atoms with Crippen LogP contribution in [0.25, 0.3) is 0 Å². The van der Waals surface area contributed by atoms with Gasteiger partial charge in [-0.05, 0) is 47.3 Å². The molecule has 0 aliphatic carbocycles. The van der Waals surface area contributed by atoms with Crippen LogP contribution < -0.4 is 0 Å². The predicted molar refractivity (Wildman–Crippen MR) is 78.8 cm³/mol. The van der Waals surface area contributed by atoms with Crippen molar-refractivity contribution in [3.05, 3.63) is 39.1 Å². The molecule has 0 atom stereocenters. The van der Waals surface area contributed by atoms with Crippen LogP contribution in [0.3, 0.4) is 0 Å². The van der Waals surface area contributed by atoms with Gasteiger partial charge in [0.05, 0.1) is 16.0 Å². The fourth-order valence-corrected chi connectivity index (χ4v) is 3.01. The molecule has 1 aliphatic rings. The van der Waals surface area contributed by atoms with Gasteiger partial charge < -0.3 is 0 Å². The quantitative estimate of drug-likeness (QED) is 0.604. The molecule has 0 N–H and O–H groups in total. The average molecular weight is 351 g/mol. The maximum atomic E-state index is 13.5. The second-order valence-electron chi connectivity index (χ2n) is 4.19. The molecule has 0 spiro atoms. The van der Waals surface area contributed by atoms with Crippen LogP contribution in [-0.2, 0) is 6.42 Å². The van der Waals surface area contributed by atoms with E-state index in [2.05, 4.69) is 20.9 Å². The van der Waals surface area contributed by atoms with Crippen LogP contribution in [-0.4, -0.2) is 11.1 Å². The molecule has 18 heavy (non-hydrogen) atoms. The van der Waals surface area contributed by atoms with E-state index >= 15 is 0 Å². The Morgan fingerprint density at radius 2 is 2.11 bits per heavy atom. The smallest absolute Gasteiger partial charge is 0.139 e. The van der Waals surface area contributed by atoms with Crippen molar-refractivity contribution in [1.29, 1.82) is 0 Å². The molecule has 0 unspecified atom stereocenters. The first-order valence-electron chi connectivity index (χ1n) is 5.50. The minimum atomic E-state index is -0.337. The maximum absolute atomic E-state index is 13.5. The summed E-state index contributed by atoms with van der Waals surface area (Å²) in [6.45, 7) is 2.00. The second-order valence-corrected chi connectivity index (χ2v) is 5.67. The van der Waals surface area contributed by atoms with E-state index in [1.165, 1.54) is 6.07 Å². The van der Waals surface area contributed by atoms with Crippen LogP contribution in [0.5, 0.6) is 0 Å². The zero-order valence-corrected chi connectivity index (χ0v) is 12.8. The van der Waals surface area contributed by atoms with E-state index in [9.17, 15) is 4.39 Å². The van der Waals surface area contributed by atoms with E-state index in [0.29, 0.717) is 21.2 Å². The highest BCUT2D eigenvalue weighted by Gasteiger charge is 2.15. The Morgan fingerprint density at radius 1 is 1.39 bits per heavy atom. The second kappa shape index (κ2) is 5.72. The van der Waals surface area contributed by atoms with Crippen molar-refractivity contribution < 1.29 is 4.39 Å². The lowest BCUT2D eigenvalue weighted by atomic mass is 9.99. The molecular formula is C13H11BrCl2FN. The molecular weight excluding hydrogens is 340 g/mol. The highest BCUT2D eigenvalue weighted by atomic mass is 79.9. The Morgan fingerprint density at radius 3 is 2.78 bits per heavy atom. The molecule has 0 saturated heterocycles. The molecule has 0 fully saturated rings. The molecule has 1 nitrogen and oxygen atoms in total. The summed E-state index contributed by atoms with van der Waals surface area (Å²) in [5.74, 6) is -0.0154. The molecule has 1 heterocycles. The number of nitrogens with zero attached hydrogens (tertiary/aromatic N) is 1. The summed E-state index contributed by atoms with van der Waals surface area (Å²) >= 11 is 15.2. The third kappa shape index (κ3) is 2.79. The SMILES string of the molecule is CC1=C(CCl)C(Cl)=Nc2cc(F)c(Br)cc2CC1. The molecule has 96 valence electrons. The first kappa shape index (κ1) is 14.0. The number of allylic oxidation sites excluding steroid dienone is 2.